The zero-order valence-electron chi connectivity index (χ0n) is 10.0. The largest absolute Gasteiger partial charge is 0.361 e. The SMILES string of the molecule is [C-]#[N+]Cc1c[nH]c2ccc(-c3cnn(C)c3)cc12. The van der Waals surface area contributed by atoms with Crippen LogP contribution in [0.25, 0.3) is 26.9 Å². The second-order valence-electron chi connectivity index (χ2n) is 4.29. The Labute approximate surface area is 105 Å². The standard InChI is InChI=1S/C14H12N4/c1-15-6-11-7-16-14-4-3-10(5-13(11)14)12-8-17-18(2)9-12/h3-5,7-9,16H,6H2,2H3. The molecule has 0 bridgehead atoms. The third-order valence-corrected chi connectivity index (χ3v) is 3.06. The quantitative estimate of drug-likeness (QED) is 0.682. The van der Waals surface area contributed by atoms with E-state index in [0.717, 1.165) is 27.6 Å². The number of hydrogen-bond acceptors (Lipinski definition) is 1. The maximum Gasteiger partial charge on any atom is 0.241 e. The minimum Gasteiger partial charge on any atom is -0.361 e. The van der Waals surface area contributed by atoms with Crippen molar-refractivity contribution in [2.45, 2.75) is 6.54 Å². The Bertz CT molecular complexity index is 743. The summed E-state index contributed by atoms with van der Waals surface area (Å²) in [6.45, 7) is 7.39. The molecule has 88 valence electrons. The number of benzene rings is 1. The smallest absolute Gasteiger partial charge is 0.241 e. The van der Waals surface area contributed by atoms with Crippen LogP contribution in [0.2, 0.25) is 0 Å². The van der Waals surface area contributed by atoms with E-state index in [-0.39, 0.29) is 0 Å². The molecule has 0 atom stereocenters. The van der Waals surface area contributed by atoms with Gasteiger partial charge >= 0.3 is 0 Å². The normalized spacial score (nSPS) is 10.7. The number of aryl methyl sites for hydroxylation is 1. The predicted octanol–water partition coefficient (Wildman–Crippen LogP) is 2.99. The molecule has 0 saturated carbocycles. The molecule has 0 saturated heterocycles. The van der Waals surface area contributed by atoms with Crippen molar-refractivity contribution in [1.82, 2.24) is 14.8 Å². The van der Waals surface area contributed by atoms with E-state index in [0.29, 0.717) is 6.54 Å². The number of nitrogens with zero attached hydrogens (tertiary/aromatic N) is 3. The fourth-order valence-corrected chi connectivity index (χ4v) is 2.14. The highest BCUT2D eigenvalue weighted by atomic mass is 15.2. The average molecular weight is 236 g/mol. The molecule has 0 radical (unpaired) electrons. The number of fused-ring (bicyclic) bond motifs is 1. The molecule has 0 unspecified atom stereocenters. The second-order valence-corrected chi connectivity index (χ2v) is 4.29. The van der Waals surface area contributed by atoms with Gasteiger partial charge in [-0.05, 0) is 17.7 Å². The highest BCUT2D eigenvalue weighted by Crippen LogP contribution is 2.26. The van der Waals surface area contributed by atoms with Crippen LogP contribution in [0.3, 0.4) is 0 Å². The Balaban J connectivity index is 2.15. The molecule has 0 amide bonds. The predicted molar refractivity (Wildman–Crippen MR) is 70.8 cm³/mol. The topological polar surface area (TPSA) is 38.0 Å². The molecule has 4 heteroatoms. The van der Waals surface area contributed by atoms with Crippen molar-refractivity contribution in [3.8, 4) is 11.1 Å². The molecule has 0 aliphatic heterocycles. The van der Waals surface area contributed by atoms with E-state index in [9.17, 15) is 0 Å². The van der Waals surface area contributed by atoms with E-state index < -0.39 is 0 Å². The molecule has 4 nitrogen and oxygen atoms in total. The van der Waals surface area contributed by atoms with E-state index >= 15 is 0 Å². The van der Waals surface area contributed by atoms with E-state index in [1.54, 1.807) is 4.68 Å². The fraction of sp³-hybridized carbons (Fsp3) is 0.143. The summed E-state index contributed by atoms with van der Waals surface area (Å²) < 4.78 is 1.79. The van der Waals surface area contributed by atoms with Gasteiger partial charge in [-0.3, -0.25) is 4.68 Å². The van der Waals surface area contributed by atoms with Gasteiger partial charge in [-0.25, -0.2) is 6.57 Å². The van der Waals surface area contributed by atoms with E-state index in [1.165, 1.54) is 0 Å². The van der Waals surface area contributed by atoms with Gasteiger partial charge in [0.2, 0.25) is 6.54 Å². The third-order valence-electron chi connectivity index (χ3n) is 3.06. The first kappa shape index (κ1) is 10.6. The molecular formula is C14H12N4. The molecule has 1 N–H and O–H groups in total. The van der Waals surface area contributed by atoms with Gasteiger partial charge in [0, 0.05) is 35.9 Å². The molecular weight excluding hydrogens is 224 g/mol. The summed E-state index contributed by atoms with van der Waals surface area (Å²) in [6.07, 6.45) is 5.75. The number of aromatic nitrogens is 3. The van der Waals surface area contributed by atoms with Gasteiger partial charge in [0.15, 0.2) is 0 Å². The maximum absolute atomic E-state index is 6.97. The van der Waals surface area contributed by atoms with Gasteiger partial charge in [-0.1, -0.05) is 6.07 Å². The number of hydrogen-bond donors (Lipinski definition) is 1. The van der Waals surface area contributed by atoms with Crippen LogP contribution >= 0.6 is 0 Å². The third kappa shape index (κ3) is 1.66. The first-order valence-corrected chi connectivity index (χ1v) is 5.70. The van der Waals surface area contributed by atoms with Gasteiger partial charge in [0.05, 0.1) is 11.8 Å². The number of aromatic amines is 1. The minimum atomic E-state index is 0.413. The van der Waals surface area contributed by atoms with Crippen LogP contribution < -0.4 is 0 Å². The zero-order valence-corrected chi connectivity index (χ0v) is 10.0. The lowest BCUT2D eigenvalue weighted by Crippen LogP contribution is -1.84. The van der Waals surface area contributed by atoms with Crippen LogP contribution in [-0.4, -0.2) is 14.8 Å². The summed E-state index contributed by atoms with van der Waals surface area (Å²) in [4.78, 5) is 6.64. The molecule has 2 heterocycles. The summed E-state index contributed by atoms with van der Waals surface area (Å²) in [6, 6.07) is 6.23. The summed E-state index contributed by atoms with van der Waals surface area (Å²) >= 11 is 0. The molecule has 3 aromatic rings. The summed E-state index contributed by atoms with van der Waals surface area (Å²) in [5, 5.41) is 5.30. The summed E-state index contributed by atoms with van der Waals surface area (Å²) in [7, 11) is 1.91. The maximum atomic E-state index is 6.97. The van der Waals surface area contributed by atoms with Crippen molar-refractivity contribution in [3.63, 3.8) is 0 Å². The average Bonchev–Trinajstić information content (AvgIpc) is 2.96. The van der Waals surface area contributed by atoms with Crippen molar-refractivity contribution in [1.29, 1.82) is 0 Å². The molecule has 1 aromatic carbocycles. The highest BCUT2D eigenvalue weighted by molar-refractivity contribution is 5.87. The van der Waals surface area contributed by atoms with Crippen molar-refractivity contribution in [2.75, 3.05) is 0 Å². The molecule has 0 aliphatic rings. The molecule has 0 fully saturated rings. The lowest BCUT2D eigenvalue weighted by molar-refractivity contribution is 0.768. The van der Waals surface area contributed by atoms with Crippen LogP contribution in [0.4, 0.5) is 0 Å². The summed E-state index contributed by atoms with van der Waals surface area (Å²) in [5.41, 5.74) is 4.34. The van der Waals surface area contributed by atoms with E-state index in [4.69, 9.17) is 6.57 Å². The molecule has 0 aliphatic carbocycles. The fourth-order valence-electron chi connectivity index (χ4n) is 2.14. The van der Waals surface area contributed by atoms with Crippen molar-refractivity contribution >= 4 is 10.9 Å². The monoisotopic (exact) mass is 236 g/mol. The lowest BCUT2D eigenvalue weighted by atomic mass is 10.1. The Hall–Kier alpha value is -2.54. The van der Waals surface area contributed by atoms with Gasteiger partial charge < -0.3 is 9.83 Å². The Morgan fingerprint density at radius 1 is 1.39 bits per heavy atom. The highest BCUT2D eigenvalue weighted by Gasteiger charge is 2.08. The Kier molecular flexibility index (Phi) is 2.38. The van der Waals surface area contributed by atoms with Crippen LogP contribution in [0.15, 0.2) is 36.8 Å². The van der Waals surface area contributed by atoms with Gasteiger partial charge in [-0.2, -0.15) is 5.10 Å². The zero-order chi connectivity index (χ0) is 12.5. The number of nitrogens with one attached hydrogen (secondary N) is 1. The Morgan fingerprint density at radius 2 is 2.28 bits per heavy atom. The van der Waals surface area contributed by atoms with Crippen molar-refractivity contribution in [2.24, 2.45) is 7.05 Å². The first-order chi connectivity index (χ1) is 8.78. The Morgan fingerprint density at radius 3 is 3.00 bits per heavy atom. The number of rotatable bonds is 2. The molecule has 18 heavy (non-hydrogen) atoms. The molecule has 2 aromatic heterocycles. The van der Waals surface area contributed by atoms with Gasteiger partial charge in [0.25, 0.3) is 0 Å². The van der Waals surface area contributed by atoms with E-state index in [1.807, 2.05) is 31.7 Å². The van der Waals surface area contributed by atoms with Crippen molar-refractivity contribution in [3.05, 3.63) is 53.8 Å². The van der Waals surface area contributed by atoms with Crippen LogP contribution in [0.5, 0.6) is 0 Å². The molecule has 3 rings (SSSR count). The van der Waals surface area contributed by atoms with Gasteiger partial charge in [-0.15, -0.1) is 0 Å². The minimum absolute atomic E-state index is 0.413. The van der Waals surface area contributed by atoms with Gasteiger partial charge in [0.1, 0.15) is 0 Å². The van der Waals surface area contributed by atoms with E-state index in [2.05, 4.69) is 27.1 Å². The number of H-pyrrole nitrogens is 1. The van der Waals surface area contributed by atoms with Crippen LogP contribution in [-0.2, 0) is 13.6 Å². The van der Waals surface area contributed by atoms with Crippen LogP contribution in [0.1, 0.15) is 5.56 Å². The lowest BCUT2D eigenvalue weighted by Gasteiger charge is -1.98. The summed E-state index contributed by atoms with van der Waals surface area (Å²) in [5.74, 6) is 0. The first-order valence-electron chi connectivity index (χ1n) is 5.70. The molecule has 0 spiro atoms. The van der Waals surface area contributed by atoms with Crippen LogP contribution in [0, 0.1) is 6.57 Å². The second kappa shape index (κ2) is 4.04. The van der Waals surface area contributed by atoms with Crippen molar-refractivity contribution < 1.29 is 0 Å².